The third-order valence-corrected chi connectivity index (χ3v) is 4.68. The molecule has 0 aliphatic heterocycles. The van der Waals surface area contributed by atoms with Crippen LogP contribution < -0.4 is 74.2 Å². The summed E-state index contributed by atoms with van der Waals surface area (Å²) in [5, 5.41) is 16.0. The first-order valence-corrected chi connectivity index (χ1v) is 9.86. The van der Waals surface area contributed by atoms with Gasteiger partial charge >= 0.3 is 75.1 Å². The predicted octanol–water partition coefficient (Wildman–Crippen LogP) is 1.64. The molecule has 2 heterocycles. The van der Waals surface area contributed by atoms with Gasteiger partial charge in [0.05, 0.1) is 36.3 Å². The number of nitrogens with one attached hydrogen (secondary N) is 1. The maximum Gasteiger partial charge on any atom is 1.00 e. The van der Waals surface area contributed by atoms with Gasteiger partial charge in [0.2, 0.25) is 0 Å². The van der Waals surface area contributed by atoms with Gasteiger partial charge in [-0.2, -0.15) is 18.3 Å². The minimum absolute atomic E-state index is 0. The molecule has 0 spiro atoms. The van der Waals surface area contributed by atoms with E-state index in [9.17, 15) is 17.6 Å². The van der Waals surface area contributed by atoms with Crippen molar-refractivity contribution in [2.45, 2.75) is 19.1 Å². The van der Waals surface area contributed by atoms with Crippen molar-refractivity contribution in [3.63, 3.8) is 0 Å². The fourth-order valence-electron chi connectivity index (χ4n) is 2.96. The van der Waals surface area contributed by atoms with Gasteiger partial charge in [-0.15, -0.1) is 0 Å². The van der Waals surface area contributed by atoms with E-state index in [1.54, 1.807) is 18.1 Å². The van der Waals surface area contributed by atoms with Crippen LogP contribution >= 0.6 is 0 Å². The van der Waals surface area contributed by atoms with Gasteiger partial charge in [0, 0.05) is 40.7 Å². The number of nitrogens with zero attached hydrogens (tertiary/aromatic N) is 4. The molecule has 0 fully saturated rings. The Morgan fingerprint density at radius 2 is 2.03 bits per heavy atom. The summed E-state index contributed by atoms with van der Waals surface area (Å²) in [5.74, 6) is 0. The van der Waals surface area contributed by atoms with Crippen LogP contribution in [-0.4, -0.2) is 51.1 Å². The van der Waals surface area contributed by atoms with Crippen molar-refractivity contribution in [2.24, 2.45) is 0 Å². The van der Waals surface area contributed by atoms with Gasteiger partial charge in [0.15, 0.2) is 0 Å². The Labute approximate surface area is 255 Å². The molecule has 178 valence electrons. The van der Waals surface area contributed by atoms with Crippen molar-refractivity contribution in [2.75, 3.05) is 20.2 Å². The zero-order chi connectivity index (χ0) is 24.8. The van der Waals surface area contributed by atoms with Crippen LogP contribution in [0.2, 0.25) is 0 Å². The fraction of sp³-hybridized carbons (Fsp3) is 0.261. The number of hydrogen-bond donors (Lipinski definition) is 2. The van der Waals surface area contributed by atoms with E-state index in [1.165, 1.54) is 23.0 Å². The van der Waals surface area contributed by atoms with Gasteiger partial charge in [-0.05, 0) is 19.7 Å². The minimum Gasteiger partial charge on any atom is -0.461 e. The average Bonchev–Trinajstić information content (AvgIpc) is 3.23. The van der Waals surface area contributed by atoms with Crippen LogP contribution in [0, 0.1) is 7.05 Å². The van der Waals surface area contributed by atoms with Crippen molar-refractivity contribution in [1.29, 1.82) is 0 Å². The van der Waals surface area contributed by atoms with Gasteiger partial charge in [-0.25, -0.2) is 9.37 Å². The van der Waals surface area contributed by atoms with E-state index < -0.39 is 17.4 Å². The van der Waals surface area contributed by atoms with E-state index in [0.717, 1.165) is 0 Å². The number of aromatic nitrogens is 3. The number of hydrogen-bond acceptors (Lipinski definition) is 5. The van der Waals surface area contributed by atoms with Crippen LogP contribution in [-0.2, 0) is 6.54 Å². The number of allylic oxidation sites excluding steroid dienone is 1. The Hall–Kier alpha value is -1.19. The second-order valence-electron chi connectivity index (χ2n) is 7.28. The summed E-state index contributed by atoms with van der Waals surface area (Å²) in [7, 11) is 5.42. The van der Waals surface area contributed by atoms with E-state index in [-0.39, 0.29) is 117 Å². The zero-order valence-corrected chi connectivity index (χ0v) is 25.6. The Morgan fingerprint density at radius 1 is 1.35 bits per heavy atom. The Balaban J connectivity index is 0.00000578. The quantitative estimate of drug-likeness (QED) is 0.305. The van der Waals surface area contributed by atoms with Crippen molar-refractivity contribution >= 4 is 17.3 Å². The molecule has 0 aromatic carbocycles. The second kappa shape index (κ2) is 13.8. The Morgan fingerprint density at radius 3 is 2.56 bits per heavy atom. The van der Waals surface area contributed by atoms with Crippen molar-refractivity contribution < 1.29 is 91.6 Å². The van der Waals surface area contributed by atoms with Crippen LogP contribution in [0.5, 0.6) is 0 Å². The Kier molecular flexibility index (Phi) is 12.5. The van der Waals surface area contributed by atoms with Crippen LogP contribution in [0.4, 0.5) is 17.6 Å². The molecule has 0 saturated heterocycles. The molecule has 2 N–H and O–H groups in total. The summed E-state index contributed by atoms with van der Waals surface area (Å²) in [6, 6.07) is 1.52. The van der Waals surface area contributed by atoms with E-state index >= 15 is 0 Å². The fourth-order valence-corrected chi connectivity index (χ4v) is 2.96. The smallest absolute Gasteiger partial charge is 0.461 e. The predicted molar refractivity (Wildman–Crippen MR) is 122 cm³/mol. The first-order chi connectivity index (χ1) is 15.5. The molecule has 0 aliphatic rings. The molecule has 0 unspecified atom stereocenters. The van der Waals surface area contributed by atoms with E-state index in [4.69, 9.17) is 5.11 Å². The maximum absolute atomic E-state index is 13.5. The molecule has 0 saturated carbocycles. The first-order valence-electron chi connectivity index (χ1n) is 9.86. The summed E-state index contributed by atoms with van der Waals surface area (Å²) >= 11 is 0. The molecule has 6 nitrogen and oxygen atoms in total. The minimum atomic E-state index is -4.74. The SMILES string of the molecule is C=Cc1c(C(=C)N/C(=C\F)CCN([CH2-])C)cc(-c2cnn(CCO)c2)nc1C(=C)C(F)(F)F.[Cs+]. The molecule has 0 aliphatic carbocycles. The normalized spacial score (nSPS) is 11.8. The summed E-state index contributed by atoms with van der Waals surface area (Å²) in [6.07, 6.45) is 0.0971. The molecule has 0 atom stereocenters. The molecule has 11 heteroatoms. The van der Waals surface area contributed by atoms with E-state index in [1.807, 2.05) is 0 Å². The first kappa shape index (κ1) is 30.8. The van der Waals surface area contributed by atoms with Crippen molar-refractivity contribution in [3.05, 3.63) is 74.1 Å². The molecular weight excluding hydrogens is 571 g/mol. The van der Waals surface area contributed by atoms with Crippen LogP contribution in [0.3, 0.4) is 0 Å². The number of pyridine rings is 1. The number of aliphatic hydroxyl groups is 1. The van der Waals surface area contributed by atoms with Gasteiger partial charge in [-0.1, -0.05) is 25.8 Å². The van der Waals surface area contributed by atoms with E-state index in [2.05, 4.69) is 42.2 Å². The van der Waals surface area contributed by atoms with Crippen LogP contribution in [0.15, 0.2) is 50.2 Å². The standard InChI is InChI=1S/C23H26F4N5O.Cs/c1-6-19-20(16(3)29-18(12-24)7-8-31(4)5)11-21(17-13-28-32(14-17)9-10-33)30-22(19)15(2)23(25,26)27;/h6,11-14,29,33H,1-4,7-10H2,5H3;/q-1;+1/b18-12-;. The second-order valence-corrected chi connectivity index (χ2v) is 7.28. The molecule has 2 rings (SSSR count). The molecule has 0 amide bonds. The average molecular weight is 597 g/mol. The third kappa shape index (κ3) is 8.19. The third-order valence-electron chi connectivity index (χ3n) is 4.68. The maximum atomic E-state index is 13.5. The molecule has 34 heavy (non-hydrogen) atoms. The van der Waals surface area contributed by atoms with Crippen molar-refractivity contribution in [1.82, 2.24) is 25.0 Å². The van der Waals surface area contributed by atoms with Crippen LogP contribution in [0.25, 0.3) is 28.6 Å². The molecule has 0 radical (unpaired) electrons. The van der Waals surface area contributed by atoms with Gasteiger partial charge < -0.3 is 15.3 Å². The topological polar surface area (TPSA) is 66.2 Å². The van der Waals surface area contributed by atoms with Gasteiger partial charge in [0.1, 0.15) is 6.33 Å². The Bertz CT molecular complexity index is 1060. The number of alkyl halides is 3. The van der Waals surface area contributed by atoms with E-state index in [0.29, 0.717) is 18.4 Å². The summed E-state index contributed by atoms with van der Waals surface area (Å²) < 4.78 is 55.5. The number of rotatable bonds is 11. The van der Waals surface area contributed by atoms with Gasteiger partial charge in [0.25, 0.3) is 0 Å². The molecular formula is C23H26CsF4N5O. The molecule has 2 aromatic heterocycles. The number of aliphatic hydroxyl groups excluding tert-OH is 1. The summed E-state index contributed by atoms with van der Waals surface area (Å²) in [5.41, 5.74) is -0.363. The molecule has 0 bridgehead atoms. The summed E-state index contributed by atoms with van der Waals surface area (Å²) in [6.45, 7) is 11.2. The van der Waals surface area contributed by atoms with Gasteiger partial charge in [-0.3, -0.25) is 11.7 Å². The van der Waals surface area contributed by atoms with Crippen molar-refractivity contribution in [3.8, 4) is 11.3 Å². The number of halogens is 4. The summed E-state index contributed by atoms with van der Waals surface area (Å²) in [4.78, 5) is 5.79. The monoisotopic (exact) mass is 597 g/mol. The zero-order valence-electron chi connectivity index (χ0n) is 19.3. The largest absolute Gasteiger partial charge is 1.00 e. The molecule has 2 aromatic rings. The van der Waals surface area contributed by atoms with Crippen LogP contribution in [0.1, 0.15) is 23.2 Å².